The highest BCUT2D eigenvalue weighted by atomic mass is 35.5. The largest absolute Gasteiger partial charge is 0.382 e. The summed E-state index contributed by atoms with van der Waals surface area (Å²) in [5.74, 6) is 0. The van der Waals surface area contributed by atoms with Gasteiger partial charge in [0, 0.05) is 7.11 Å². The number of hydrogen-bond donors (Lipinski definition) is 1. The van der Waals surface area contributed by atoms with Gasteiger partial charge in [0.25, 0.3) is 0 Å². The third-order valence-corrected chi connectivity index (χ3v) is 1.04. The molecule has 0 fully saturated rings. The Morgan fingerprint density at radius 1 is 1.70 bits per heavy atom. The number of ether oxygens (including phenoxy) is 1. The molecule has 0 saturated carbocycles. The standard InChI is InChI=1S/C6H12ClNO2/c1-6(2,4-10-3)8-5(7)9/h4H2,1-3H3,(H,8,9). The zero-order valence-corrected chi connectivity index (χ0v) is 7.16. The van der Waals surface area contributed by atoms with Gasteiger partial charge in [0.05, 0.1) is 12.1 Å². The van der Waals surface area contributed by atoms with E-state index in [1.54, 1.807) is 7.11 Å². The summed E-state index contributed by atoms with van der Waals surface area (Å²) < 4.78 is 4.83. The van der Waals surface area contributed by atoms with Crippen LogP contribution in [0.4, 0.5) is 4.79 Å². The molecule has 0 heterocycles. The van der Waals surface area contributed by atoms with Crippen molar-refractivity contribution in [1.29, 1.82) is 0 Å². The zero-order chi connectivity index (χ0) is 8.20. The molecule has 10 heavy (non-hydrogen) atoms. The Bertz CT molecular complexity index is 125. The number of carbonyl (C=O) groups excluding carboxylic acids is 1. The Morgan fingerprint density at radius 2 is 2.20 bits per heavy atom. The molecule has 0 rings (SSSR count). The Hall–Kier alpha value is -0.280. The first-order chi connectivity index (χ1) is 4.48. The maximum absolute atomic E-state index is 10.3. The van der Waals surface area contributed by atoms with Crippen molar-refractivity contribution in [2.45, 2.75) is 19.4 Å². The Kier molecular flexibility index (Phi) is 3.68. The molecule has 0 aromatic carbocycles. The van der Waals surface area contributed by atoms with Gasteiger partial charge in [-0.1, -0.05) is 0 Å². The van der Waals surface area contributed by atoms with Gasteiger partial charge in [-0.15, -0.1) is 0 Å². The first-order valence-corrected chi connectivity index (χ1v) is 3.32. The van der Waals surface area contributed by atoms with Crippen molar-refractivity contribution in [3.63, 3.8) is 0 Å². The van der Waals surface area contributed by atoms with Crippen molar-refractivity contribution in [2.75, 3.05) is 13.7 Å². The molecule has 1 N–H and O–H groups in total. The second-order valence-electron chi connectivity index (χ2n) is 2.72. The summed E-state index contributed by atoms with van der Waals surface area (Å²) in [5, 5.41) is 1.97. The van der Waals surface area contributed by atoms with Gasteiger partial charge in [0.1, 0.15) is 0 Å². The van der Waals surface area contributed by atoms with E-state index in [1.807, 2.05) is 13.8 Å². The number of methoxy groups -OCH3 is 1. The lowest BCUT2D eigenvalue weighted by Crippen LogP contribution is -2.44. The van der Waals surface area contributed by atoms with Crippen LogP contribution in [0.5, 0.6) is 0 Å². The van der Waals surface area contributed by atoms with Crippen molar-refractivity contribution >= 4 is 17.0 Å². The van der Waals surface area contributed by atoms with Gasteiger partial charge in [-0.05, 0) is 25.4 Å². The summed E-state index contributed by atoms with van der Waals surface area (Å²) in [5.41, 5.74) is -0.381. The van der Waals surface area contributed by atoms with E-state index in [0.717, 1.165) is 0 Å². The van der Waals surface area contributed by atoms with Crippen LogP contribution in [-0.4, -0.2) is 24.6 Å². The van der Waals surface area contributed by atoms with Crippen molar-refractivity contribution in [3.05, 3.63) is 0 Å². The maximum atomic E-state index is 10.3. The van der Waals surface area contributed by atoms with E-state index in [9.17, 15) is 4.79 Å². The summed E-state index contributed by atoms with van der Waals surface area (Å²) in [6.07, 6.45) is 0. The van der Waals surface area contributed by atoms with E-state index in [4.69, 9.17) is 16.3 Å². The molecule has 0 aliphatic heterocycles. The molecule has 60 valence electrons. The van der Waals surface area contributed by atoms with Gasteiger partial charge in [0.2, 0.25) is 0 Å². The molecule has 0 saturated heterocycles. The molecule has 0 aliphatic carbocycles. The molecule has 0 unspecified atom stereocenters. The molecule has 0 atom stereocenters. The minimum absolute atomic E-state index is 0.381. The molecule has 0 spiro atoms. The molecule has 4 heteroatoms. The topological polar surface area (TPSA) is 38.3 Å². The number of rotatable bonds is 3. The molecular weight excluding hydrogens is 154 g/mol. The fourth-order valence-corrected chi connectivity index (χ4v) is 0.919. The Labute approximate surface area is 65.7 Å². The molecular formula is C6H12ClNO2. The third kappa shape index (κ3) is 4.58. The quantitative estimate of drug-likeness (QED) is 0.507. The minimum Gasteiger partial charge on any atom is -0.382 e. The summed E-state index contributed by atoms with van der Waals surface area (Å²) in [7, 11) is 1.57. The number of amides is 1. The number of hydrogen-bond acceptors (Lipinski definition) is 2. The van der Waals surface area contributed by atoms with Crippen LogP contribution in [0.15, 0.2) is 0 Å². The van der Waals surface area contributed by atoms with Crippen molar-refractivity contribution in [2.24, 2.45) is 0 Å². The first-order valence-electron chi connectivity index (χ1n) is 2.94. The van der Waals surface area contributed by atoms with Crippen LogP contribution in [0.2, 0.25) is 0 Å². The minimum atomic E-state index is -0.554. The summed E-state index contributed by atoms with van der Waals surface area (Å²) in [6, 6.07) is 0. The smallest absolute Gasteiger partial charge is 0.314 e. The van der Waals surface area contributed by atoms with Crippen LogP contribution in [0.3, 0.4) is 0 Å². The second kappa shape index (κ2) is 3.78. The highest BCUT2D eigenvalue weighted by molar-refractivity contribution is 6.63. The van der Waals surface area contributed by atoms with E-state index in [0.29, 0.717) is 6.61 Å². The van der Waals surface area contributed by atoms with Crippen LogP contribution >= 0.6 is 11.6 Å². The van der Waals surface area contributed by atoms with Crippen molar-refractivity contribution < 1.29 is 9.53 Å². The summed E-state index contributed by atoms with van der Waals surface area (Å²) in [6.45, 7) is 4.11. The molecule has 0 aromatic heterocycles. The molecule has 1 amide bonds. The van der Waals surface area contributed by atoms with Gasteiger partial charge < -0.3 is 10.1 Å². The van der Waals surface area contributed by atoms with Crippen LogP contribution < -0.4 is 5.32 Å². The fraction of sp³-hybridized carbons (Fsp3) is 0.833. The Morgan fingerprint density at radius 3 is 2.50 bits per heavy atom. The number of halogens is 1. The van der Waals surface area contributed by atoms with Gasteiger partial charge in [-0.25, -0.2) is 0 Å². The highest BCUT2D eigenvalue weighted by Gasteiger charge is 2.18. The van der Waals surface area contributed by atoms with Crippen LogP contribution in [0, 0.1) is 0 Å². The van der Waals surface area contributed by atoms with Crippen molar-refractivity contribution in [3.8, 4) is 0 Å². The van der Waals surface area contributed by atoms with Gasteiger partial charge in [-0.2, -0.15) is 0 Å². The predicted molar refractivity (Wildman–Crippen MR) is 40.3 cm³/mol. The number of nitrogens with one attached hydrogen (secondary N) is 1. The summed E-state index contributed by atoms with van der Waals surface area (Å²) in [4.78, 5) is 10.3. The lowest BCUT2D eigenvalue weighted by Gasteiger charge is -2.23. The van der Waals surface area contributed by atoms with Gasteiger partial charge in [-0.3, -0.25) is 4.79 Å². The van der Waals surface area contributed by atoms with Crippen molar-refractivity contribution in [1.82, 2.24) is 5.32 Å². The van der Waals surface area contributed by atoms with Crippen LogP contribution in [0.25, 0.3) is 0 Å². The number of carbonyl (C=O) groups is 1. The van der Waals surface area contributed by atoms with E-state index in [1.165, 1.54) is 0 Å². The van der Waals surface area contributed by atoms with Crippen LogP contribution in [0.1, 0.15) is 13.8 Å². The second-order valence-corrected chi connectivity index (χ2v) is 3.06. The average Bonchev–Trinajstić information content (AvgIpc) is 1.59. The molecule has 0 radical (unpaired) electrons. The van der Waals surface area contributed by atoms with E-state index >= 15 is 0 Å². The molecule has 3 nitrogen and oxygen atoms in total. The molecule has 0 aliphatic rings. The predicted octanol–water partition coefficient (Wildman–Crippen LogP) is 1.36. The molecule has 0 aromatic rings. The third-order valence-electron chi connectivity index (χ3n) is 0.942. The molecule has 0 bridgehead atoms. The normalized spacial score (nSPS) is 11.2. The Balaban J connectivity index is 3.74. The van der Waals surface area contributed by atoms with Gasteiger partial charge in [0.15, 0.2) is 0 Å². The average molecular weight is 166 g/mol. The lowest BCUT2D eigenvalue weighted by atomic mass is 10.1. The fourth-order valence-electron chi connectivity index (χ4n) is 0.663. The maximum Gasteiger partial charge on any atom is 0.314 e. The zero-order valence-electron chi connectivity index (χ0n) is 6.40. The van der Waals surface area contributed by atoms with E-state index < -0.39 is 5.37 Å². The first kappa shape index (κ1) is 9.72. The van der Waals surface area contributed by atoms with Gasteiger partial charge >= 0.3 is 5.37 Å². The SMILES string of the molecule is COCC(C)(C)NC(=O)Cl. The lowest BCUT2D eigenvalue weighted by molar-refractivity contribution is 0.134. The summed E-state index contributed by atoms with van der Waals surface area (Å²) >= 11 is 5.09. The highest BCUT2D eigenvalue weighted by Crippen LogP contribution is 2.02. The van der Waals surface area contributed by atoms with E-state index in [2.05, 4.69) is 5.32 Å². The van der Waals surface area contributed by atoms with Crippen LogP contribution in [-0.2, 0) is 4.74 Å². The van der Waals surface area contributed by atoms with E-state index in [-0.39, 0.29) is 5.54 Å². The monoisotopic (exact) mass is 165 g/mol.